The Labute approximate surface area is 147 Å². The van der Waals surface area contributed by atoms with Crippen LogP contribution < -0.4 is 0 Å². The van der Waals surface area contributed by atoms with E-state index in [4.69, 9.17) is 0 Å². The molecule has 6 nitrogen and oxygen atoms in total. The molecule has 0 N–H and O–H groups in total. The monoisotopic (exact) mass is 337 g/mol. The average Bonchev–Trinajstić information content (AvgIpc) is 3.30. The van der Waals surface area contributed by atoms with Crippen molar-refractivity contribution in [3.05, 3.63) is 41.5 Å². The second kappa shape index (κ2) is 5.58. The van der Waals surface area contributed by atoms with Crippen LogP contribution in [0, 0.1) is 0 Å². The molecule has 2 bridgehead atoms. The standard InChI is InChI=1S/C19H23N5O/c1-22-18(7-8-20-22)13-10-15-5-6-16(11-13)24(15)19(25)17-12-14-4-2-3-9-23(14)21-17/h7-8,10,12,15-16H,2-6,9,11H2,1H3. The maximum atomic E-state index is 13.1. The molecule has 130 valence electrons. The van der Waals surface area contributed by atoms with Gasteiger partial charge in [0.15, 0.2) is 5.69 Å². The Hall–Kier alpha value is -2.37. The van der Waals surface area contributed by atoms with Crippen LogP contribution in [-0.2, 0) is 20.0 Å². The van der Waals surface area contributed by atoms with E-state index in [1.54, 1.807) is 0 Å². The largest absolute Gasteiger partial charge is 0.327 e. The molecule has 5 heterocycles. The molecule has 1 amide bonds. The molecule has 2 unspecified atom stereocenters. The van der Waals surface area contributed by atoms with Crippen LogP contribution in [0.4, 0.5) is 0 Å². The van der Waals surface area contributed by atoms with E-state index in [-0.39, 0.29) is 18.0 Å². The first-order valence-corrected chi connectivity index (χ1v) is 9.29. The zero-order valence-electron chi connectivity index (χ0n) is 14.6. The highest BCUT2D eigenvalue weighted by Gasteiger charge is 2.41. The van der Waals surface area contributed by atoms with E-state index < -0.39 is 0 Å². The third-order valence-corrected chi connectivity index (χ3v) is 5.92. The molecule has 6 heteroatoms. The van der Waals surface area contributed by atoms with Gasteiger partial charge in [-0.25, -0.2) is 0 Å². The summed E-state index contributed by atoms with van der Waals surface area (Å²) in [4.78, 5) is 15.2. The van der Waals surface area contributed by atoms with Crippen molar-refractivity contribution in [1.82, 2.24) is 24.5 Å². The summed E-state index contributed by atoms with van der Waals surface area (Å²) in [6.07, 6.45) is 10.5. The summed E-state index contributed by atoms with van der Waals surface area (Å²) >= 11 is 0. The molecule has 2 aromatic rings. The minimum atomic E-state index is 0.106. The van der Waals surface area contributed by atoms with Crippen molar-refractivity contribution < 1.29 is 4.79 Å². The van der Waals surface area contributed by atoms with Gasteiger partial charge in [0, 0.05) is 31.5 Å². The minimum Gasteiger partial charge on any atom is -0.327 e. The maximum Gasteiger partial charge on any atom is 0.275 e. The fourth-order valence-electron chi connectivity index (χ4n) is 4.68. The Bertz CT molecular complexity index is 838. The van der Waals surface area contributed by atoms with Gasteiger partial charge in [-0.05, 0) is 56.2 Å². The molecule has 0 radical (unpaired) electrons. The second-order valence-corrected chi connectivity index (χ2v) is 7.45. The number of carbonyl (C=O) groups excluding carboxylic acids is 1. The van der Waals surface area contributed by atoms with Gasteiger partial charge in [0.2, 0.25) is 0 Å². The van der Waals surface area contributed by atoms with Crippen LogP contribution in [-0.4, -0.2) is 42.5 Å². The summed E-state index contributed by atoms with van der Waals surface area (Å²) in [7, 11) is 1.98. The number of hydrogen-bond acceptors (Lipinski definition) is 3. The third kappa shape index (κ3) is 2.34. The number of hydrogen-bond donors (Lipinski definition) is 0. The van der Waals surface area contributed by atoms with Gasteiger partial charge in [0.25, 0.3) is 5.91 Å². The molecule has 2 aromatic heterocycles. The van der Waals surface area contributed by atoms with Crippen LogP contribution >= 0.6 is 0 Å². The molecule has 0 saturated carbocycles. The van der Waals surface area contributed by atoms with Crippen LogP contribution in [0.2, 0.25) is 0 Å². The highest BCUT2D eigenvalue weighted by Crippen LogP contribution is 2.39. The topological polar surface area (TPSA) is 56.0 Å². The number of aromatic nitrogens is 4. The van der Waals surface area contributed by atoms with Crippen LogP contribution in [0.15, 0.2) is 24.4 Å². The van der Waals surface area contributed by atoms with E-state index in [0.29, 0.717) is 5.69 Å². The van der Waals surface area contributed by atoms with Crippen molar-refractivity contribution in [2.45, 2.75) is 57.2 Å². The molecule has 3 aliphatic heterocycles. The lowest BCUT2D eigenvalue weighted by molar-refractivity contribution is 0.0685. The van der Waals surface area contributed by atoms with Crippen molar-refractivity contribution in [2.24, 2.45) is 7.05 Å². The van der Waals surface area contributed by atoms with Gasteiger partial charge in [-0.2, -0.15) is 10.2 Å². The molecule has 5 rings (SSSR count). The van der Waals surface area contributed by atoms with Gasteiger partial charge in [0.1, 0.15) is 0 Å². The summed E-state index contributed by atoms with van der Waals surface area (Å²) in [6.45, 7) is 0.944. The van der Waals surface area contributed by atoms with Crippen LogP contribution in [0.1, 0.15) is 54.0 Å². The summed E-state index contributed by atoms with van der Waals surface area (Å²) in [6, 6.07) is 4.55. The summed E-state index contributed by atoms with van der Waals surface area (Å²) in [5.41, 5.74) is 4.33. The number of fused-ring (bicyclic) bond motifs is 3. The number of rotatable bonds is 2. The average molecular weight is 337 g/mol. The fourth-order valence-corrected chi connectivity index (χ4v) is 4.68. The quantitative estimate of drug-likeness (QED) is 0.846. The van der Waals surface area contributed by atoms with Crippen molar-refractivity contribution >= 4 is 11.5 Å². The van der Waals surface area contributed by atoms with Gasteiger partial charge < -0.3 is 4.90 Å². The first-order chi connectivity index (χ1) is 12.2. The normalized spacial score (nSPS) is 25.0. The third-order valence-electron chi connectivity index (χ3n) is 5.92. The van der Waals surface area contributed by atoms with Crippen LogP contribution in [0.3, 0.4) is 0 Å². The van der Waals surface area contributed by atoms with Crippen LogP contribution in [0.5, 0.6) is 0 Å². The molecule has 1 saturated heterocycles. The maximum absolute atomic E-state index is 13.1. The smallest absolute Gasteiger partial charge is 0.275 e. The van der Waals surface area contributed by atoms with Gasteiger partial charge in [-0.3, -0.25) is 14.2 Å². The lowest BCUT2D eigenvalue weighted by Crippen LogP contribution is -2.43. The lowest BCUT2D eigenvalue weighted by atomic mass is 9.98. The molecule has 2 atom stereocenters. The van der Waals surface area contributed by atoms with Crippen molar-refractivity contribution in [2.75, 3.05) is 0 Å². The van der Waals surface area contributed by atoms with Gasteiger partial charge in [0.05, 0.1) is 11.7 Å². The summed E-state index contributed by atoms with van der Waals surface area (Å²) in [5, 5.41) is 8.88. The summed E-state index contributed by atoms with van der Waals surface area (Å²) < 4.78 is 3.95. The lowest BCUT2D eigenvalue weighted by Gasteiger charge is -2.33. The zero-order chi connectivity index (χ0) is 17.0. The van der Waals surface area contributed by atoms with E-state index in [2.05, 4.69) is 27.2 Å². The van der Waals surface area contributed by atoms with Crippen molar-refractivity contribution in [1.29, 1.82) is 0 Å². The molecular formula is C19H23N5O. The number of nitrogens with zero attached hydrogens (tertiary/aromatic N) is 5. The van der Waals surface area contributed by atoms with Crippen molar-refractivity contribution in [3.8, 4) is 0 Å². The van der Waals surface area contributed by atoms with Crippen molar-refractivity contribution in [3.63, 3.8) is 0 Å². The summed E-state index contributed by atoms with van der Waals surface area (Å²) in [5.74, 6) is 0.106. The Kier molecular flexibility index (Phi) is 3.33. The van der Waals surface area contributed by atoms with E-state index in [9.17, 15) is 4.79 Å². The van der Waals surface area contributed by atoms with E-state index in [1.165, 1.54) is 23.4 Å². The van der Waals surface area contributed by atoms with Gasteiger partial charge >= 0.3 is 0 Å². The van der Waals surface area contributed by atoms with E-state index in [0.717, 1.165) is 38.6 Å². The minimum absolute atomic E-state index is 0.106. The van der Waals surface area contributed by atoms with Gasteiger partial charge in [-0.1, -0.05) is 6.08 Å². The highest BCUT2D eigenvalue weighted by atomic mass is 16.2. The number of aryl methyl sites for hydroxylation is 3. The zero-order valence-corrected chi connectivity index (χ0v) is 14.6. The predicted octanol–water partition coefficient (Wildman–Crippen LogP) is 2.41. The first kappa shape index (κ1) is 14.9. The first-order valence-electron chi connectivity index (χ1n) is 9.29. The fraction of sp³-hybridized carbons (Fsp3) is 0.526. The van der Waals surface area contributed by atoms with E-state index >= 15 is 0 Å². The Morgan fingerprint density at radius 2 is 2.20 bits per heavy atom. The van der Waals surface area contributed by atoms with Gasteiger partial charge in [-0.15, -0.1) is 0 Å². The van der Waals surface area contributed by atoms with E-state index in [1.807, 2.05) is 28.7 Å². The molecule has 25 heavy (non-hydrogen) atoms. The Balaban J connectivity index is 1.44. The molecule has 0 spiro atoms. The molecular weight excluding hydrogens is 314 g/mol. The van der Waals surface area contributed by atoms with Crippen LogP contribution in [0.25, 0.3) is 5.57 Å². The Morgan fingerprint density at radius 3 is 2.96 bits per heavy atom. The SMILES string of the molecule is Cn1nccc1C1=CC2CCC(C1)N2C(=O)c1cc2n(n1)CCCC2. The predicted molar refractivity (Wildman–Crippen MR) is 93.9 cm³/mol. The Morgan fingerprint density at radius 1 is 1.28 bits per heavy atom. The second-order valence-electron chi connectivity index (χ2n) is 7.45. The molecule has 3 aliphatic rings. The molecule has 1 fully saturated rings. The number of amides is 1. The molecule has 0 aromatic carbocycles. The molecule has 0 aliphatic carbocycles. The number of carbonyl (C=O) groups is 1. The highest BCUT2D eigenvalue weighted by molar-refractivity contribution is 5.94.